The summed E-state index contributed by atoms with van der Waals surface area (Å²) in [5, 5.41) is 11.0. The molecule has 0 unspecified atom stereocenters. The van der Waals surface area contributed by atoms with E-state index >= 15 is 0 Å². The second-order valence-corrected chi connectivity index (χ2v) is 18.0. The van der Waals surface area contributed by atoms with Crippen molar-refractivity contribution in [3.63, 3.8) is 0 Å². The van der Waals surface area contributed by atoms with Crippen LogP contribution >= 0.6 is 0 Å². The molecular formula is C56H73N7O12. The highest BCUT2D eigenvalue weighted by Gasteiger charge is 2.28. The van der Waals surface area contributed by atoms with Gasteiger partial charge in [-0.25, -0.2) is 9.78 Å². The number of anilines is 1. The molecular weight excluding hydrogens is 963 g/mol. The molecule has 4 aromatic rings. The highest BCUT2D eigenvalue weighted by Crippen LogP contribution is 2.33. The molecule has 2 atom stereocenters. The number of hydrogen-bond acceptors (Lipinski definition) is 14. The largest absolute Gasteiger partial charge is 0.491 e. The lowest BCUT2D eigenvalue weighted by Gasteiger charge is -2.27. The zero-order chi connectivity index (χ0) is 54.3. The van der Waals surface area contributed by atoms with E-state index in [9.17, 15) is 19.2 Å². The maximum absolute atomic E-state index is 14.2. The standard InChI is InChI=1S/C56H73N7O12/c1-8-44(45-22-23-50(47-18-13-12-17-46(45)47)74-36-35-72-34-33-71-32-31-70-30-29-69-28-26-59-62-57)21-20-42(3)48(38-53(65)68-7)61-54(66)49(40-73-39-43-15-10-9-11-16-43)60-52(64)19-14-27-63(55(67)75-56(4,5)6)51-37-41(2)24-25-58-51/h8-13,15-18,20-25,37,48-49H,3,14,19,26-36,38-40H2,1-2,4-7H3,(H,60,64)(H,61,66)/b21-20-,44-8+/t48-,49-/m0/s1. The summed E-state index contributed by atoms with van der Waals surface area (Å²) in [5.74, 6) is -0.570. The number of azide groups is 1. The number of esters is 1. The third-order valence-corrected chi connectivity index (χ3v) is 11.0. The molecule has 2 N–H and O–H groups in total. The van der Waals surface area contributed by atoms with Gasteiger partial charge in [-0.05, 0) is 98.0 Å². The molecule has 0 aliphatic carbocycles. The van der Waals surface area contributed by atoms with Crippen LogP contribution < -0.4 is 20.3 Å². The molecule has 0 radical (unpaired) electrons. The summed E-state index contributed by atoms with van der Waals surface area (Å²) in [7, 11) is 1.26. The molecule has 1 aromatic heterocycles. The van der Waals surface area contributed by atoms with E-state index in [4.69, 9.17) is 43.4 Å². The molecule has 0 aliphatic rings. The van der Waals surface area contributed by atoms with Gasteiger partial charge in [0.05, 0.1) is 85.6 Å². The van der Waals surface area contributed by atoms with E-state index in [1.54, 1.807) is 39.1 Å². The van der Waals surface area contributed by atoms with Crippen molar-refractivity contribution in [1.29, 1.82) is 0 Å². The summed E-state index contributed by atoms with van der Waals surface area (Å²) >= 11 is 0. The number of amides is 3. The minimum atomic E-state index is -1.17. The van der Waals surface area contributed by atoms with Crippen molar-refractivity contribution < 1.29 is 57.1 Å². The minimum Gasteiger partial charge on any atom is -0.491 e. The first-order valence-electron chi connectivity index (χ1n) is 24.9. The van der Waals surface area contributed by atoms with Gasteiger partial charge in [0.2, 0.25) is 11.8 Å². The topological polar surface area (TPSA) is 231 Å². The smallest absolute Gasteiger partial charge is 0.416 e. The first kappa shape index (κ1) is 60.4. The van der Waals surface area contributed by atoms with Crippen LogP contribution in [0.4, 0.5) is 10.6 Å². The Morgan fingerprint density at radius 1 is 0.813 bits per heavy atom. The maximum atomic E-state index is 14.2. The fourth-order valence-corrected chi connectivity index (χ4v) is 7.22. The number of nitrogens with one attached hydrogen (secondary N) is 2. The average Bonchev–Trinajstić information content (AvgIpc) is 3.39. The van der Waals surface area contributed by atoms with E-state index in [2.05, 4.69) is 32.2 Å². The Morgan fingerprint density at radius 3 is 2.11 bits per heavy atom. The van der Waals surface area contributed by atoms with E-state index in [1.807, 2.05) is 98.8 Å². The predicted molar refractivity (Wildman–Crippen MR) is 287 cm³/mol. The van der Waals surface area contributed by atoms with Crippen LogP contribution in [0.1, 0.15) is 63.6 Å². The second-order valence-electron chi connectivity index (χ2n) is 18.0. The first-order valence-corrected chi connectivity index (χ1v) is 24.9. The quantitative estimate of drug-likeness (QED) is 0.0111. The van der Waals surface area contributed by atoms with Crippen LogP contribution in [-0.2, 0) is 54.1 Å². The summed E-state index contributed by atoms with van der Waals surface area (Å²) in [6, 6.07) is 22.6. The van der Waals surface area contributed by atoms with Crippen LogP contribution in [0.15, 0.2) is 121 Å². The lowest BCUT2D eigenvalue weighted by Crippen LogP contribution is -2.52. The maximum Gasteiger partial charge on any atom is 0.416 e. The number of carbonyl (C=O) groups excluding carboxylic acids is 4. The number of aromatic nitrogens is 1. The molecule has 1 heterocycles. The SMILES string of the molecule is C=C(/C=C\C(=C/C)c1ccc(OCCOCCOCCOCCOCCN=[N+]=[N-])c2ccccc12)[C@H](CC(=O)OC)NC(=O)[C@H](COCc1ccccc1)NC(=O)CCCN(C(=O)OC(C)(C)C)c1cc(C)ccn1. The van der Waals surface area contributed by atoms with Crippen LogP contribution in [0.5, 0.6) is 5.75 Å². The summed E-state index contributed by atoms with van der Waals surface area (Å²) in [5.41, 5.74) is 11.4. The molecule has 3 amide bonds. The highest BCUT2D eigenvalue weighted by molar-refractivity contribution is 5.99. The number of fused-ring (bicyclic) bond motifs is 1. The lowest BCUT2D eigenvalue weighted by molar-refractivity contribution is -0.141. The van der Waals surface area contributed by atoms with E-state index in [1.165, 1.54) is 12.0 Å². The number of pyridine rings is 1. The summed E-state index contributed by atoms with van der Waals surface area (Å²) < 4.78 is 44.8. The number of nitrogens with zero attached hydrogens (tertiary/aromatic N) is 5. The van der Waals surface area contributed by atoms with Gasteiger partial charge in [-0.1, -0.05) is 90.6 Å². The lowest BCUT2D eigenvalue weighted by atomic mass is 9.95. The van der Waals surface area contributed by atoms with Crippen molar-refractivity contribution in [2.24, 2.45) is 5.11 Å². The normalized spacial score (nSPS) is 12.4. The number of allylic oxidation sites excluding steroid dienone is 3. The zero-order valence-electron chi connectivity index (χ0n) is 44.1. The molecule has 19 nitrogen and oxygen atoms in total. The second kappa shape index (κ2) is 33.6. The molecule has 0 bridgehead atoms. The molecule has 404 valence electrons. The molecule has 4 rings (SSSR count). The number of methoxy groups -OCH3 is 1. The fraction of sp³-hybridized carbons (Fsp3) is 0.446. The van der Waals surface area contributed by atoms with Crippen LogP contribution in [0.2, 0.25) is 0 Å². The van der Waals surface area contributed by atoms with Crippen LogP contribution in [0, 0.1) is 6.92 Å². The van der Waals surface area contributed by atoms with Crippen molar-refractivity contribution in [3.8, 4) is 5.75 Å². The van der Waals surface area contributed by atoms with Crippen molar-refractivity contribution in [1.82, 2.24) is 15.6 Å². The molecule has 0 aliphatic heterocycles. The zero-order valence-corrected chi connectivity index (χ0v) is 44.1. The van der Waals surface area contributed by atoms with E-state index in [0.29, 0.717) is 76.6 Å². The Hall–Kier alpha value is -7.12. The van der Waals surface area contributed by atoms with E-state index in [0.717, 1.165) is 33.0 Å². The van der Waals surface area contributed by atoms with Gasteiger partial charge < -0.3 is 48.5 Å². The van der Waals surface area contributed by atoms with Gasteiger partial charge in [0.15, 0.2) is 0 Å². The number of benzene rings is 3. The van der Waals surface area contributed by atoms with Gasteiger partial charge in [-0.2, -0.15) is 0 Å². The Bertz CT molecular complexity index is 2540. The van der Waals surface area contributed by atoms with E-state index < -0.39 is 41.6 Å². The molecule has 0 spiro atoms. The molecule has 0 fully saturated rings. The number of aryl methyl sites for hydroxylation is 1. The monoisotopic (exact) mass is 1040 g/mol. The van der Waals surface area contributed by atoms with Gasteiger partial charge in [0.25, 0.3) is 0 Å². The third kappa shape index (κ3) is 22.9. The average molecular weight is 1040 g/mol. The van der Waals surface area contributed by atoms with Crippen molar-refractivity contribution in [2.45, 2.75) is 78.2 Å². The van der Waals surface area contributed by atoms with Gasteiger partial charge in [-0.3, -0.25) is 19.3 Å². The highest BCUT2D eigenvalue weighted by atomic mass is 16.6. The first-order chi connectivity index (χ1) is 36.2. The van der Waals surface area contributed by atoms with Gasteiger partial charge in [0, 0.05) is 36.0 Å². The molecule has 75 heavy (non-hydrogen) atoms. The van der Waals surface area contributed by atoms with Crippen LogP contribution in [0.3, 0.4) is 0 Å². The van der Waals surface area contributed by atoms with Crippen molar-refractivity contribution in [3.05, 3.63) is 143 Å². The van der Waals surface area contributed by atoms with Gasteiger partial charge in [-0.15, -0.1) is 0 Å². The third-order valence-electron chi connectivity index (χ3n) is 11.0. The summed E-state index contributed by atoms with van der Waals surface area (Å²) in [6.45, 7) is 17.3. The number of ether oxygens (including phenoxy) is 8. The predicted octanol–water partition coefficient (Wildman–Crippen LogP) is 8.79. The summed E-state index contributed by atoms with van der Waals surface area (Å²) in [4.78, 5) is 62.3. The number of hydrogen-bond donors (Lipinski definition) is 2. The Balaban J connectivity index is 1.38. The van der Waals surface area contributed by atoms with Crippen molar-refractivity contribution >= 4 is 46.0 Å². The minimum absolute atomic E-state index is 0.0478. The van der Waals surface area contributed by atoms with Crippen molar-refractivity contribution in [2.75, 3.05) is 91.2 Å². The van der Waals surface area contributed by atoms with Gasteiger partial charge >= 0.3 is 12.1 Å². The molecule has 3 aromatic carbocycles. The van der Waals surface area contributed by atoms with Crippen LogP contribution in [0.25, 0.3) is 26.8 Å². The summed E-state index contributed by atoms with van der Waals surface area (Å²) in [6.07, 6.45) is 6.48. The number of rotatable bonds is 34. The Morgan fingerprint density at radius 2 is 1.47 bits per heavy atom. The Kier molecular flexibility index (Phi) is 27.1. The van der Waals surface area contributed by atoms with Crippen LogP contribution in [-0.4, -0.2) is 133 Å². The van der Waals surface area contributed by atoms with Gasteiger partial charge in [0.1, 0.15) is 29.8 Å². The molecule has 0 saturated heterocycles. The van der Waals surface area contributed by atoms with E-state index in [-0.39, 0.29) is 45.6 Å². The molecule has 19 heteroatoms. The Labute approximate surface area is 440 Å². The molecule has 0 saturated carbocycles. The fourth-order valence-electron chi connectivity index (χ4n) is 7.22. The number of carbonyl (C=O) groups is 4.